The minimum atomic E-state index is 0.566. The molecule has 15 heavy (non-hydrogen) atoms. The first-order chi connectivity index (χ1) is 7.27. The Kier molecular flexibility index (Phi) is 3.16. The molecule has 1 aromatic heterocycles. The van der Waals surface area contributed by atoms with E-state index in [1.54, 1.807) is 6.20 Å². The smallest absolute Gasteiger partial charge is 0.163 e. The van der Waals surface area contributed by atoms with E-state index in [-0.39, 0.29) is 0 Å². The lowest BCUT2D eigenvalue weighted by Crippen LogP contribution is -2.47. The van der Waals surface area contributed by atoms with Crippen molar-refractivity contribution >= 4 is 5.82 Å². The maximum absolute atomic E-state index is 4.04. The van der Waals surface area contributed by atoms with E-state index in [0.717, 1.165) is 5.82 Å². The Bertz CT molecular complexity index is 291. The van der Waals surface area contributed by atoms with Gasteiger partial charge in [0.05, 0.1) is 0 Å². The Labute approximate surface area is 90.7 Å². The second-order valence-corrected chi connectivity index (χ2v) is 4.26. The number of hydrogen-bond acceptors (Lipinski definition) is 4. The van der Waals surface area contributed by atoms with Gasteiger partial charge in [-0.25, -0.2) is 5.01 Å². The predicted molar refractivity (Wildman–Crippen MR) is 60.3 cm³/mol. The highest BCUT2D eigenvalue weighted by Crippen LogP contribution is 2.22. The number of aromatic nitrogens is 2. The van der Waals surface area contributed by atoms with Crippen molar-refractivity contribution < 1.29 is 0 Å². The number of anilines is 1. The third-order valence-electron chi connectivity index (χ3n) is 3.01. The number of nitrogens with zero attached hydrogens (tertiary/aromatic N) is 3. The zero-order chi connectivity index (χ0) is 10.7. The highest BCUT2D eigenvalue weighted by molar-refractivity contribution is 5.30. The second-order valence-electron chi connectivity index (χ2n) is 4.26. The summed E-state index contributed by atoms with van der Waals surface area (Å²) in [7, 11) is 0. The van der Waals surface area contributed by atoms with E-state index in [4.69, 9.17) is 0 Å². The molecule has 0 aliphatic carbocycles. The van der Waals surface area contributed by atoms with Gasteiger partial charge in [-0.05, 0) is 38.8 Å². The van der Waals surface area contributed by atoms with Crippen molar-refractivity contribution in [3.05, 3.63) is 18.3 Å². The normalized spacial score (nSPS) is 27.6. The average Bonchev–Trinajstić information content (AvgIpc) is 2.25. The monoisotopic (exact) mass is 206 g/mol. The molecule has 0 saturated carbocycles. The van der Waals surface area contributed by atoms with Gasteiger partial charge in [0.25, 0.3) is 0 Å². The molecule has 1 N–H and O–H groups in total. The summed E-state index contributed by atoms with van der Waals surface area (Å²) in [5.74, 6) is 0.832. The van der Waals surface area contributed by atoms with Gasteiger partial charge in [0, 0.05) is 18.3 Å². The summed E-state index contributed by atoms with van der Waals surface area (Å²) < 4.78 is 0. The number of piperidine rings is 1. The average molecular weight is 206 g/mol. The van der Waals surface area contributed by atoms with Crippen LogP contribution in [0.15, 0.2) is 18.3 Å². The van der Waals surface area contributed by atoms with Crippen molar-refractivity contribution in [2.45, 2.75) is 45.2 Å². The molecule has 2 rings (SSSR count). The second kappa shape index (κ2) is 4.57. The van der Waals surface area contributed by atoms with Gasteiger partial charge in [0.2, 0.25) is 0 Å². The lowest BCUT2D eigenvalue weighted by atomic mass is 10.00. The number of hydrazine groups is 1. The van der Waals surface area contributed by atoms with Crippen LogP contribution in [0.2, 0.25) is 0 Å². The molecule has 0 aromatic carbocycles. The Morgan fingerprint density at radius 3 is 2.67 bits per heavy atom. The van der Waals surface area contributed by atoms with Gasteiger partial charge >= 0.3 is 0 Å². The fourth-order valence-corrected chi connectivity index (χ4v) is 2.14. The molecule has 2 atom stereocenters. The summed E-state index contributed by atoms with van der Waals surface area (Å²) in [4.78, 5) is 0. The van der Waals surface area contributed by atoms with Crippen LogP contribution >= 0.6 is 0 Å². The number of hydrogen-bond donors (Lipinski definition) is 1. The van der Waals surface area contributed by atoms with Crippen molar-refractivity contribution in [1.82, 2.24) is 15.2 Å². The first kappa shape index (κ1) is 10.4. The Morgan fingerprint density at radius 1 is 1.33 bits per heavy atom. The van der Waals surface area contributed by atoms with Gasteiger partial charge in [-0.1, -0.05) is 6.42 Å². The quantitative estimate of drug-likeness (QED) is 0.804. The zero-order valence-corrected chi connectivity index (χ0v) is 9.35. The molecular weight excluding hydrogens is 188 g/mol. The molecule has 0 bridgehead atoms. The summed E-state index contributed by atoms with van der Waals surface area (Å²) in [6, 6.07) is 4.97. The largest absolute Gasteiger partial charge is 0.301 e. The van der Waals surface area contributed by atoms with E-state index in [1.807, 2.05) is 12.1 Å². The van der Waals surface area contributed by atoms with Crippen molar-refractivity contribution in [3.63, 3.8) is 0 Å². The summed E-state index contributed by atoms with van der Waals surface area (Å²) in [5, 5.41) is 10.2. The predicted octanol–water partition coefficient (Wildman–Crippen LogP) is 2.07. The minimum Gasteiger partial charge on any atom is -0.301 e. The lowest BCUT2D eigenvalue weighted by Gasteiger charge is -2.38. The van der Waals surface area contributed by atoms with E-state index in [2.05, 4.69) is 34.5 Å². The van der Waals surface area contributed by atoms with Gasteiger partial charge in [-0.2, -0.15) is 5.10 Å². The molecule has 4 heteroatoms. The van der Waals surface area contributed by atoms with E-state index in [0.29, 0.717) is 12.1 Å². The molecule has 1 fully saturated rings. The molecule has 1 aliphatic heterocycles. The van der Waals surface area contributed by atoms with Gasteiger partial charge < -0.3 is 5.43 Å². The lowest BCUT2D eigenvalue weighted by molar-refractivity contribution is 0.135. The van der Waals surface area contributed by atoms with Gasteiger partial charge in [-0.15, -0.1) is 5.10 Å². The van der Waals surface area contributed by atoms with Gasteiger partial charge in [-0.3, -0.25) is 0 Å². The van der Waals surface area contributed by atoms with Crippen molar-refractivity contribution in [2.24, 2.45) is 0 Å². The first-order valence-electron chi connectivity index (χ1n) is 5.60. The number of nitrogens with one attached hydrogen (secondary N) is 1. The Morgan fingerprint density at radius 2 is 2.07 bits per heavy atom. The Hall–Kier alpha value is -1.16. The number of rotatable bonds is 2. The van der Waals surface area contributed by atoms with Crippen molar-refractivity contribution in [1.29, 1.82) is 0 Å². The van der Waals surface area contributed by atoms with Crippen LogP contribution in [0.3, 0.4) is 0 Å². The topological polar surface area (TPSA) is 41.0 Å². The molecule has 2 heterocycles. The van der Waals surface area contributed by atoms with Gasteiger partial charge in [0.1, 0.15) is 0 Å². The highest BCUT2D eigenvalue weighted by Gasteiger charge is 2.24. The molecule has 82 valence electrons. The molecule has 4 nitrogen and oxygen atoms in total. The summed E-state index contributed by atoms with van der Waals surface area (Å²) in [6.45, 7) is 4.50. The van der Waals surface area contributed by atoms with Crippen LogP contribution in [0.5, 0.6) is 0 Å². The van der Waals surface area contributed by atoms with Crippen LogP contribution in [0, 0.1) is 0 Å². The molecule has 1 aliphatic rings. The van der Waals surface area contributed by atoms with E-state index >= 15 is 0 Å². The molecule has 0 radical (unpaired) electrons. The molecule has 1 aromatic rings. The fourth-order valence-electron chi connectivity index (χ4n) is 2.14. The molecular formula is C11H18N4. The van der Waals surface area contributed by atoms with E-state index in [1.165, 1.54) is 19.3 Å². The summed E-state index contributed by atoms with van der Waals surface area (Å²) >= 11 is 0. The Balaban J connectivity index is 2.03. The van der Waals surface area contributed by atoms with E-state index < -0.39 is 0 Å². The van der Waals surface area contributed by atoms with Crippen LogP contribution in [0.25, 0.3) is 0 Å². The SMILES string of the molecule is CC1CCCC(C)N1Nc1cccnn1. The van der Waals surface area contributed by atoms with Crippen LogP contribution < -0.4 is 5.43 Å². The standard InChI is InChI=1S/C11H18N4/c1-9-5-3-6-10(2)15(9)14-11-7-4-8-12-13-11/h4,7-10H,3,5-6H2,1-2H3,(H,13,14). The maximum atomic E-state index is 4.04. The molecule has 0 amide bonds. The zero-order valence-electron chi connectivity index (χ0n) is 9.35. The molecule has 0 spiro atoms. The van der Waals surface area contributed by atoms with Crippen molar-refractivity contribution in [3.8, 4) is 0 Å². The third-order valence-corrected chi connectivity index (χ3v) is 3.01. The maximum Gasteiger partial charge on any atom is 0.163 e. The summed E-state index contributed by atoms with van der Waals surface area (Å²) in [6.07, 6.45) is 5.50. The van der Waals surface area contributed by atoms with Crippen molar-refractivity contribution in [2.75, 3.05) is 5.43 Å². The van der Waals surface area contributed by atoms with Crippen LogP contribution in [0.4, 0.5) is 5.82 Å². The highest BCUT2D eigenvalue weighted by atomic mass is 15.6. The minimum absolute atomic E-state index is 0.566. The van der Waals surface area contributed by atoms with Crippen LogP contribution in [0.1, 0.15) is 33.1 Å². The first-order valence-corrected chi connectivity index (χ1v) is 5.60. The van der Waals surface area contributed by atoms with E-state index in [9.17, 15) is 0 Å². The molecule has 2 unspecified atom stereocenters. The molecule has 1 saturated heterocycles. The van der Waals surface area contributed by atoms with Crippen LogP contribution in [-0.2, 0) is 0 Å². The van der Waals surface area contributed by atoms with Crippen LogP contribution in [-0.4, -0.2) is 27.3 Å². The third kappa shape index (κ3) is 2.45. The van der Waals surface area contributed by atoms with Gasteiger partial charge in [0.15, 0.2) is 5.82 Å². The fraction of sp³-hybridized carbons (Fsp3) is 0.636. The summed E-state index contributed by atoms with van der Waals surface area (Å²) in [5.41, 5.74) is 3.34.